The van der Waals surface area contributed by atoms with Gasteiger partial charge in [-0.25, -0.2) is 13.6 Å². The lowest BCUT2D eigenvalue weighted by Crippen LogP contribution is -2.48. The molecule has 18 heteroatoms. The first-order valence-corrected chi connectivity index (χ1v) is 14.0. The molecule has 6 unspecified atom stereocenters. The van der Waals surface area contributed by atoms with Crippen molar-refractivity contribution >= 4 is 73.2 Å². The molecule has 0 saturated carbocycles. The molecule has 2 bridgehead atoms. The summed E-state index contributed by atoms with van der Waals surface area (Å²) in [5.74, 6) is -18.8. The molecule has 3 aliphatic heterocycles. The van der Waals surface area contributed by atoms with E-state index in [9.17, 15) is 45.5 Å². The Hall–Kier alpha value is -2.30. The molecule has 2 aromatic carbocycles. The number of fused-ring (bicyclic) bond motifs is 1. The third-order valence-corrected chi connectivity index (χ3v) is 8.87. The highest BCUT2D eigenvalue weighted by Crippen LogP contribution is 2.52. The molecular formula is C21H10F4I2O11S. The van der Waals surface area contributed by atoms with E-state index >= 15 is 0 Å². The second-order valence-corrected chi connectivity index (χ2v) is 12.2. The van der Waals surface area contributed by atoms with Crippen LogP contribution in [0.3, 0.4) is 0 Å². The number of hydrogen-bond acceptors (Lipinski definition) is 10. The normalized spacial score (nSPS) is 27.0. The first kappa shape index (κ1) is 28.2. The number of aromatic hydroxyl groups is 1. The summed E-state index contributed by atoms with van der Waals surface area (Å²) in [6, 6.07) is 2.55. The van der Waals surface area contributed by atoms with Crippen LogP contribution in [0, 0.1) is 42.2 Å². The summed E-state index contributed by atoms with van der Waals surface area (Å²) in [7, 11) is -5.76. The van der Waals surface area contributed by atoms with Crippen LogP contribution in [-0.2, 0) is 33.9 Å². The highest BCUT2D eigenvalue weighted by Gasteiger charge is 2.72. The Bertz CT molecular complexity index is 1530. The van der Waals surface area contributed by atoms with Crippen LogP contribution in [0.1, 0.15) is 10.4 Å². The molecule has 0 radical (unpaired) electrons. The smallest absolute Gasteiger partial charge is 0.340 e. The summed E-state index contributed by atoms with van der Waals surface area (Å²) in [4.78, 5) is 36.0. The van der Waals surface area contributed by atoms with Crippen LogP contribution in [0.2, 0.25) is 0 Å². The summed E-state index contributed by atoms with van der Waals surface area (Å²) in [6.07, 6.45) is -5.14. The van der Waals surface area contributed by atoms with Crippen LogP contribution in [0.25, 0.3) is 0 Å². The van der Waals surface area contributed by atoms with Crippen molar-refractivity contribution in [3.8, 4) is 11.5 Å². The number of halogens is 6. The summed E-state index contributed by atoms with van der Waals surface area (Å²) >= 11 is 3.53. The molecule has 0 amide bonds. The highest BCUT2D eigenvalue weighted by atomic mass is 127. The van der Waals surface area contributed by atoms with Crippen LogP contribution in [-0.4, -0.2) is 60.4 Å². The Balaban J connectivity index is 1.45. The van der Waals surface area contributed by atoms with Gasteiger partial charge in [0.2, 0.25) is 17.4 Å². The Morgan fingerprint density at radius 2 is 1.51 bits per heavy atom. The number of ether oxygens (including phenoxy) is 4. The molecule has 6 atom stereocenters. The second-order valence-electron chi connectivity index (χ2n) is 8.48. The van der Waals surface area contributed by atoms with Gasteiger partial charge in [0.05, 0.1) is 5.56 Å². The van der Waals surface area contributed by atoms with Gasteiger partial charge in [-0.15, -0.1) is 0 Å². The van der Waals surface area contributed by atoms with Gasteiger partial charge in [0.1, 0.15) is 29.8 Å². The van der Waals surface area contributed by atoms with Gasteiger partial charge >= 0.3 is 28.0 Å². The van der Waals surface area contributed by atoms with Gasteiger partial charge in [0.15, 0.2) is 28.7 Å². The van der Waals surface area contributed by atoms with Crippen LogP contribution < -0.4 is 4.74 Å². The summed E-state index contributed by atoms with van der Waals surface area (Å²) in [6.45, 7) is 0. The maximum absolute atomic E-state index is 14.4. The summed E-state index contributed by atoms with van der Waals surface area (Å²) in [5, 5.41) is 9.70. The maximum atomic E-state index is 14.4. The summed E-state index contributed by atoms with van der Waals surface area (Å²) < 4.78 is 110. The molecule has 5 rings (SSSR count). The largest absolute Gasteiger partial charge is 0.508 e. The second kappa shape index (κ2) is 9.66. The quantitative estimate of drug-likeness (QED) is 0.114. The molecule has 208 valence electrons. The van der Waals surface area contributed by atoms with E-state index in [1.807, 2.05) is 0 Å². The molecule has 11 nitrogen and oxygen atoms in total. The van der Waals surface area contributed by atoms with E-state index in [0.29, 0.717) is 7.14 Å². The molecule has 39 heavy (non-hydrogen) atoms. The van der Waals surface area contributed by atoms with E-state index in [1.54, 1.807) is 45.2 Å². The van der Waals surface area contributed by atoms with Crippen molar-refractivity contribution < 1.29 is 69.0 Å². The van der Waals surface area contributed by atoms with Gasteiger partial charge < -0.3 is 24.1 Å². The Morgan fingerprint density at radius 1 is 0.949 bits per heavy atom. The van der Waals surface area contributed by atoms with Gasteiger partial charge in [0, 0.05) is 7.14 Å². The molecule has 0 aromatic heterocycles. The predicted octanol–water partition coefficient (Wildman–Crippen LogP) is 2.47. The minimum atomic E-state index is -5.76. The zero-order valence-corrected chi connectivity index (χ0v) is 23.5. The molecular weight excluding hydrogens is 790 g/mol. The fourth-order valence-corrected chi connectivity index (χ4v) is 7.56. The summed E-state index contributed by atoms with van der Waals surface area (Å²) in [5.41, 5.74) is 0.0331. The van der Waals surface area contributed by atoms with Crippen molar-refractivity contribution in [1.82, 2.24) is 0 Å². The number of rotatable bonds is 5. The predicted molar refractivity (Wildman–Crippen MR) is 130 cm³/mol. The Kier molecular flexibility index (Phi) is 7.00. The average Bonchev–Trinajstić information content (AvgIpc) is 3.43. The van der Waals surface area contributed by atoms with Gasteiger partial charge in [0.25, 0.3) is 0 Å². The van der Waals surface area contributed by atoms with E-state index in [4.69, 9.17) is 18.8 Å². The standard InChI is InChI=1S/C21H10F4I2O11S/c22-9-11(24)18(39(32,33)34)12(25)10(23)15(9)36-20(30)7-8-14-17(38-21(8)31)16(13(7)35-14)37-19(29)6-4(26)1-3(28)2-5(6)27/h1-2,7-8,13-14,16-17,28H,(H,32,33,34). The minimum absolute atomic E-state index is 0.0331. The first-order chi connectivity index (χ1) is 18.1. The number of carbonyl (C=O) groups excluding carboxylic acids is 3. The third kappa shape index (κ3) is 4.43. The van der Waals surface area contributed by atoms with Crippen LogP contribution in [0.4, 0.5) is 17.6 Å². The van der Waals surface area contributed by atoms with Gasteiger partial charge in [-0.2, -0.15) is 17.2 Å². The van der Waals surface area contributed by atoms with Crippen molar-refractivity contribution in [3.05, 3.63) is 48.1 Å². The zero-order chi connectivity index (χ0) is 28.7. The molecule has 0 spiro atoms. The van der Waals surface area contributed by atoms with Gasteiger partial charge in [-0.05, 0) is 57.3 Å². The molecule has 2 N–H and O–H groups in total. The fraction of sp³-hybridized carbons (Fsp3) is 0.286. The van der Waals surface area contributed by atoms with E-state index < -0.39 is 98.2 Å². The van der Waals surface area contributed by atoms with Crippen molar-refractivity contribution in [2.24, 2.45) is 11.8 Å². The molecule has 3 fully saturated rings. The van der Waals surface area contributed by atoms with E-state index in [2.05, 4.69) is 4.74 Å². The minimum Gasteiger partial charge on any atom is -0.508 e. The topological polar surface area (TPSA) is 163 Å². The zero-order valence-electron chi connectivity index (χ0n) is 18.4. The molecule has 3 saturated heterocycles. The Labute approximate surface area is 241 Å². The third-order valence-electron chi connectivity index (χ3n) is 6.29. The van der Waals surface area contributed by atoms with Crippen molar-refractivity contribution in [3.63, 3.8) is 0 Å². The number of benzene rings is 2. The van der Waals surface area contributed by atoms with Crippen molar-refractivity contribution in [2.75, 3.05) is 0 Å². The lowest BCUT2D eigenvalue weighted by atomic mass is 9.78. The molecule has 2 aromatic rings. The van der Waals surface area contributed by atoms with Crippen molar-refractivity contribution in [1.29, 1.82) is 0 Å². The number of carbonyl (C=O) groups is 3. The van der Waals surface area contributed by atoms with E-state index in [0.717, 1.165) is 0 Å². The molecule has 3 heterocycles. The molecule has 3 aliphatic rings. The van der Waals surface area contributed by atoms with Crippen LogP contribution >= 0.6 is 45.2 Å². The van der Waals surface area contributed by atoms with E-state index in [-0.39, 0.29) is 11.3 Å². The lowest BCUT2D eigenvalue weighted by molar-refractivity contribution is -0.150. The molecule has 0 aliphatic carbocycles. The van der Waals surface area contributed by atoms with Crippen LogP contribution in [0.15, 0.2) is 17.0 Å². The first-order valence-electron chi connectivity index (χ1n) is 10.4. The average molecular weight is 800 g/mol. The number of phenols is 1. The monoisotopic (exact) mass is 800 g/mol. The number of hydrogen-bond donors (Lipinski definition) is 2. The SMILES string of the molecule is O=C(OC1C2OC(=O)C3C2OC1C3C(=O)Oc1c(F)c(F)c(S(=O)(=O)O)c(F)c1F)c1c(I)cc(O)cc1I. The van der Waals surface area contributed by atoms with Gasteiger partial charge in [-0.1, -0.05) is 0 Å². The Morgan fingerprint density at radius 3 is 2.05 bits per heavy atom. The number of esters is 3. The van der Waals surface area contributed by atoms with Crippen LogP contribution in [0.5, 0.6) is 11.5 Å². The fourth-order valence-electron chi connectivity index (χ4n) is 4.75. The lowest BCUT2D eigenvalue weighted by Gasteiger charge is -2.27. The van der Waals surface area contributed by atoms with Crippen molar-refractivity contribution in [2.45, 2.75) is 29.3 Å². The van der Waals surface area contributed by atoms with E-state index in [1.165, 1.54) is 12.1 Å². The highest BCUT2D eigenvalue weighted by molar-refractivity contribution is 14.1. The maximum Gasteiger partial charge on any atom is 0.340 e. The number of phenolic OH excluding ortho intramolecular Hbond substituents is 1. The van der Waals surface area contributed by atoms with Gasteiger partial charge in [-0.3, -0.25) is 14.1 Å².